The second-order valence-electron chi connectivity index (χ2n) is 1.15. The molecule has 0 aromatic heterocycles. The molecule has 0 aliphatic heterocycles. The minimum absolute atomic E-state index is 0.472. The minimum Gasteiger partial charge on any atom is -0.382 e. The van der Waals surface area contributed by atoms with Gasteiger partial charge in [0.05, 0.1) is 0 Å². The smallest absolute Gasteiger partial charge is 0.152 e. The number of aliphatic hydroxyl groups excluding tert-OH is 1. The van der Waals surface area contributed by atoms with Crippen molar-refractivity contribution in [3.63, 3.8) is 0 Å². The van der Waals surface area contributed by atoms with Crippen molar-refractivity contribution >= 4 is 6.29 Å². The molecule has 0 radical (unpaired) electrons. The molecule has 0 amide bonds. The molecule has 1 atom stereocenters. The van der Waals surface area contributed by atoms with Gasteiger partial charge in [-0.3, -0.25) is 0 Å². The number of hydrogen-bond acceptors (Lipinski definition) is 2. The van der Waals surface area contributed by atoms with E-state index in [0.29, 0.717) is 6.29 Å². The minimum atomic E-state index is -0.912. The van der Waals surface area contributed by atoms with Crippen LogP contribution in [-0.4, -0.2) is 17.5 Å². The molecule has 2 heteroatoms. The molecule has 0 fully saturated rings. The Hall–Kier alpha value is -0.630. The number of aliphatic hydroxyl groups is 1. The highest BCUT2D eigenvalue weighted by molar-refractivity contribution is 5.58. The highest BCUT2D eigenvalue weighted by atomic mass is 16.3. The third-order valence-electron chi connectivity index (χ3n) is 0.529. The fourth-order valence-electron chi connectivity index (χ4n) is 0.243. The van der Waals surface area contributed by atoms with Crippen molar-refractivity contribution in [3.8, 4) is 0 Å². The second kappa shape index (κ2) is 3.56. The summed E-state index contributed by atoms with van der Waals surface area (Å²) in [5, 5.41) is 8.40. The van der Waals surface area contributed by atoms with Gasteiger partial charge in [0.15, 0.2) is 6.29 Å². The molecular weight excluding hydrogens is 92.1 g/mol. The lowest BCUT2D eigenvalue weighted by Gasteiger charge is -1.86. The van der Waals surface area contributed by atoms with E-state index in [4.69, 9.17) is 5.11 Å². The van der Waals surface area contributed by atoms with Gasteiger partial charge < -0.3 is 9.90 Å². The van der Waals surface area contributed by atoms with E-state index in [1.165, 1.54) is 6.08 Å². The molecule has 0 aliphatic rings. The predicted octanol–water partition coefficient (Wildman–Crippen LogP) is 0.122. The molecule has 2 nitrogen and oxygen atoms in total. The van der Waals surface area contributed by atoms with Gasteiger partial charge in [0.2, 0.25) is 0 Å². The van der Waals surface area contributed by atoms with Gasteiger partial charge in [-0.05, 0) is 6.92 Å². The molecule has 0 aromatic rings. The standard InChI is InChI=1S/C5H8O2/c1-2-3-5(7)4-6/h2-5,7H,1H3/b3-2+. The maximum Gasteiger partial charge on any atom is 0.152 e. The van der Waals surface area contributed by atoms with Crippen molar-refractivity contribution in [2.45, 2.75) is 13.0 Å². The molecule has 40 valence electrons. The summed E-state index contributed by atoms with van der Waals surface area (Å²) in [7, 11) is 0. The zero-order valence-electron chi connectivity index (χ0n) is 4.16. The normalized spacial score (nSPS) is 14.6. The third-order valence-corrected chi connectivity index (χ3v) is 0.529. The summed E-state index contributed by atoms with van der Waals surface area (Å²) in [5.41, 5.74) is 0. The summed E-state index contributed by atoms with van der Waals surface area (Å²) in [6.07, 6.45) is 2.59. The Kier molecular flexibility index (Phi) is 3.24. The first-order chi connectivity index (χ1) is 3.31. The number of aldehydes is 1. The van der Waals surface area contributed by atoms with E-state index >= 15 is 0 Å². The van der Waals surface area contributed by atoms with Gasteiger partial charge >= 0.3 is 0 Å². The van der Waals surface area contributed by atoms with Crippen molar-refractivity contribution in [1.29, 1.82) is 0 Å². The quantitative estimate of drug-likeness (QED) is 0.395. The number of carbonyl (C=O) groups excluding carboxylic acids is 1. The average molecular weight is 100 g/mol. The molecule has 0 rings (SSSR count). The Labute approximate surface area is 42.5 Å². The molecule has 0 aromatic carbocycles. The maximum absolute atomic E-state index is 9.59. The molecule has 0 heterocycles. The Morgan fingerprint density at radius 3 is 2.43 bits per heavy atom. The average Bonchev–Trinajstić information content (AvgIpc) is 1.68. The van der Waals surface area contributed by atoms with E-state index < -0.39 is 6.10 Å². The first-order valence-electron chi connectivity index (χ1n) is 2.07. The van der Waals surface area contributed by atoms with E-state index in [1.807, 2.05) is 0 Å². The van der Waals surface area contributed by atoms with Crippen molar-refractivity contribution in [3.05, 3.63) is 12.2 Å². The van der Waals surface area contributed by atoms with E-state index in [-0.39, 0.29) is 0 Å². The monoisotopic (exact) mass is 100 g/mol. The third kappa shape index (κ3) is 3.19. The zero-order chi connectivity index (χ0) is 5.70. The molecule has 0 spiro atoms. The number of hydrogen-bond donors (Lipinski definition) is 1. The van der Waals surface area contributed by atoms with Crippen LogP contribution in [0.5, 0.6) is 0 Å². The lowest BCUT2D eigenvalue weighted by atomic mass is 10.4. The van der Waals surface area contributed by atoms with E-state index in [0.717, 1.165) is 0 Å². The second-order valence-corrected chi connectivity index (χ2v) is 1.15. The molecule has 0 saturated carbocycles. The summed E-state index contributed by atoms with van der Waals surface area (Å²) in [6.45, 7) is 1.74. The van der Waals surface area contributed by atoms with Gasteiger partial charge in [-0.2, -0.15) is 0 Å². The van der Waals surface area contributed by atoms with Crippen LogP contribution in [0.2, 0.25) is 0 Å². The predicted molar refractivity (Wildman–Crippen MR) is 26.9 cm³/mol. The lowest BCUT2D eigenvalue weighted by molar-refractivity contribution is -0.112. The highest BCUT2D eigenvalue weighted by Crippen LogP contribution is 1.76. The van der Waals surface area contributed by atoms with Crippen LogP contribution in [0.25, 0.3) is 0 Å². The van der Waals surface area contributed by atoms with Crippen LogP contribution in [0, 0.1) is 0 Å². The van der Waals surface area contributed by atoms with E-state index in [2.05, 4.69) is 0 Å². The molecule has 0 saturated heterocycles. The lowest BCUT2D eigenvalue weighted by Crippen LogP contribution is -2.01. The Morgan fingerprint density at radius 2 is 2.29 bits per heavy atom. The van der Waals surface area contributed by atoms with Crippen LogP contribution in [0.3, 0.4) is 0 Å². The maximum atomic E-state index is 9.59. The van der Waals surface area contributed by atoms with Crippen LogP contribution in [-0.2, 0) is 4.79 Å². The van der Waals surface area contributed by atoms with Crippen LogP contribution >= 0.6 is 0 Å². The molecule has 7 heavy (non-hydrogen) atoms. The molecule has 0 aliphatic carbocycles. The Balaban J connectivity index is 3.35. The first kappa shape index (κ1) is 6.37. The fraction of sp³-hybridized carbons (Fsp3) is 0.400. The Bertz CT molecular complexity index is 76.1. The van der Waals surface area contributed by atoms with Gasteiger partial charge in [0.25, 0.3) is 0 Å². The summed E-state index contributed by atoms with van der Waals surface area (Å²) in [5.74, 6) is 0. The summed E-state index contributed by atoms with van der Waals surface area (Å²) >= 11 is 0. The Morgan fingerprint density at radius 1 is 1.71 bits per heavy atom. The number of rotatable bonds is 2. The molecular formula is C5H8O2. The van der Waals surface area contributed by atoms with Gasteiger partial charge in [-0.1, -0.05) is 12.2 Å². The van der Waals surface area contributed by atoms with Crippen LogP contribution in [0.15, 0.2) is 12.2 Å². The van der Waals surface area contributed by atoms with Crippen LogP contribution in [0.4, 0.5) is 0 Å². The van der Waals surface area contributed by atoms with Crippen molar-refractivity contribution in [2.75, 3.05) is 0 Å². The summed E-state index contributed by atoms with van der Waals surface area (Å²) in [4.78, 5) is 9.59. The van der Waals surface area contributed by atoms with E-state index in [9.17, 15) is 4.79 Å². The number of allylic oxidation sites excluding steroid dienone is 1. The zero-order valence-corrected chi connectivity index (χ0v) is 4.16. The van der Waals surface area contributed by atoms with Crippen molar-refractivity contribution in [1.82, 2.24) is 0 Å². The van der Waals surface area contributed by atoms with Crippen molar-refractivity contribution < 1.29 is 9.90 Å². The van der Waals surface area contributed by atoms with Crippen LogP contribution in [0.1, 0.15) is 6.92 Å². The molecule has 1 N–H and O–H groups in total. The van der Waals surface area contributed by atoms with Crippen molar-refractivity contribution in [2.24, 2.45) is 0 Å². The van der Waals surface area contributed by atoms with E-state index in [1.54, 1.807) is 13.0 Å². The summed E-state index contributed by atoms with van der Waals surface area (Å²) in [6, 6.07) is 0. The number of carbonyl (C=O) groups is 1. The first-order valence-corrected chi connectivity index (χ1v) is 2.07. The molecule has 1 unspecified atom stereocenters. The van der Waals surface area contributed by atoms with Gasteiger partial charge in [-0.25, -0.2) is 0 Å². The fourth-order valence-corrected chi connectivity index (χ4v) is 0.243. The van der Waals surface area contributed by atoms with Gasteiger partial charge in [-0.15, -0.1) is 0 Å². The largest absolute Gasteiger partial charge is 0.382 e. The molecule has 0 bridgehead atoms. The van der Waals surface area contributed by atoms with Gasteiger partial charge in [0.1, 0.15) is 6.10 Å². The van der Waals surface area contributed by atoms with Crippen LogP contribution < -0.4 is 0 Å². The highest BCUT2D eigenvalue weighted by Gasteiger charge is 1.88. The van der Waals surface area contributed by atoms with Gasteiger partial charge in [0, 0.05) is 0 Å². The summed E-state index contributed by atoms with van der Waals surface area (Å²) < 4.78 is 0. The SMILES string of the molecule is C/C=C/C(O)C=O. The topological polar surface area (TPSA) is 37.3 Å².